The first-order valence-electron chi connectivity index (χ1n) is 5.44. The van der Waals surface area contributed by atoms with Gasteiger partial charge >= 0.3 is 0 Å². The molecule has 4 N–H and O–H groups in total. The van der Waals surface area contributed by atoms with E-state index in [-0.39, 0.29) is 11.4 Å². The first-order chi connectivity index (χ1) is 6.66. The van der Waals surface area contributed by atoms with E-state index in [0.717, 1.165) is 0 Å². The Bertz CT molecular complexity index is 207. The molecule has 1 atom stereocenters. The van der Waals surface area contributed by atoms with E-state index in [1.54, 1.807) is 6.92 Å². The number of hydrogen-bond acceptors (Lipinski definition) is 3. The van der Waals surface area contributed by atoms with Gasteiger partial charge in [-0.05, 0) is 33.6 Å². The molecule has 0 aliphatic rings. The number of rotatable bonds is 6. The molecule has 1 amide bonds. The van der Waals surface area contributed by atoms with Gasteiger partial charge in [-0.1, -0.05) is 6.92 Å². The number of hydrogen-bond donors (Lipinski definition) is 3. The van der Waals surface area contributed by atoms with Crippen molar-refractivity contribution in [3.05, 3.63) is 0 Å². The van der Waals surface area contributed by atoms with Gasteiger partial charge in [0.05, 0.1) is 5.60 Å². The molecule has 4 nitrogen and oxygen atoms in total. The molecule has 15 heavy (non-hydrogen) atoms. The second-order valence-corrected chi connectivity index (χ2v) is 5.12. The molecule has 0 heterocycles. The Hall–Kier alpha value is -0.610. The number of aliphatic hydroxyl groups is 1. The van der Waals surface area contributed by atoms with Crippen LogP contribution in [0.3, 0.4) is 0 Å². The van der Waals surface area contributed by atoms with Gasteiger partial charge in [-0.2, -0.15) is 0 Å². The third-order valence-electron chi connectivity index (χ3n) is 2.42. The zero-order valence-corrected chi connectivity index (χ0v) is 10.3. The number of amides is 1. The van der Waals surface area contributed by atoms with Crippen molar-refractivity contribution in [1.29, 1.82) is 0 Å². The van der Waals surface area contributed by atoms with Crippen LogP contribution in [0.1, 0.15) is 47.0 Å². The lowest BCUT2D eigenvalue weighted by Crippen LogP contribution is -2.41. The highest BCUT2D eigenvalue weighted by Gasteiger charge is 2.19. The Kier molecular flexibility index (Phi) is 5.24. The maximum absolute atomic E-state index is 11.4. The van der Waals surface area contributed by atoms with E-state index in [0.29, 0.717) is 25.8 Å². The van der Waals surface area contributed by atoms with Crippen molar-refractivity contribution < 1.29 is 9.90 Å². The number of carbonyl (C=O) groups is 1. The van der Waals surface area contributed by atoms with E-state index in [1.807, 2.05) is 20.8 Å². The van der Waals surface area contributed by atoms with Crippen LogP contribution in [-0.4, -0.2) is 28.7 Å². The van der Waals surface area contributed by atoms with E-state index in [1.165, 1.54) is 0 Å². The van der Waals surface area contributed by atoms with Crippen molar-refractivity contribution in [3.8, 4) is 0 Å². The highest BCUT2D eigenvalue weighted by atomic mass is 16.3. The molecular formula is C11H24N2O2. The van der Waals surface area contributed by atoms with Crippen molar-refractivity contribution in [3.63, 3.8) is 0 Å². The van der Waals surface area contributed by atoms with Crippen LogP contribution in [0.2, 0.25) is 0 Å². The lowest BCUT2D eigenvalue weighted by Gasteiger charge is -2.22. The topological polar surface area (TPSA) is 75.3 Å². The summed E-state index contributed by atoms with van der Waals surface area (Å²) in [7, 11) is 0. The molecule has 0 saturated heterocycles. The third-order valence-corrected chi connectivity index (χ3v) is 2.42. The van der Waals surface area contributed by atoms with Crippen LogP contribution in [0.15, 0.2) is 0 Å². The first-order valence-corrected chi connectivity index (χ1v) is 5.44. The highest BCUT2D eigenvalue weighted by Crippen LogP contribution is 2.08. The van der Waals surface area contributed by atoms with Crippen LogP contribution in [0, 0.1) is 0 Å². The second-order valence-electron chi connectivity index (χ2n) is 5.12. The van der Waals surface area contributed by atoms with Crippen molar-refractivity contribution in [2.45, 2.75) is 58.1 Å². The summed E-state index contributed by atoms with van der Waals surface area (Å²) in [6.45, 7) is 7.67. The summed E-state index contributed by atoms with van der Waals surface area (Å²) in [5.74, 6) is -0.0535. The monoisotopic (exact) mass is 216 g/mol. The van der Waals surface area contributed by atoms with Crippen LogP contribution in [0.4, 0.5) is 0 Å². The molecule has 0 bridgehead atoms. The summed E-state index contributed by atoms with van der Waals surface area (Å²) < 4.78 is 0. The third kappa shape index (κ3) is 8.39. The average Bonchev–Trinajstić information content (AvgIpc) is 2.10. The summed E-state index contributed by atoms with van der Waals surface area (Å²) in [5.41, 5.74) is 4.64. The minimum atomic E-state index is -0.812. The van der Waals surface area contributed by atoms with Crippen molar-refractivity contribution in [1.82, 2.24) is 5.32 Å². The molecule has 0 aromatic rings. The van der Waals surface area contributed by atoms with E-state index < -0.39 is 5.60 Å². The fraction of sp³-hybridized carbons (Fsp3) is 0.909. The lowest BCUT2D eigenvalue weighted by molar-refractivity contribution is -0.122. The molecule has 0 aromatic carbocycles. The van der Waals surface area contributed by atoms with Gasteiger partial charge in [0.15, 0.2) is 0 Å². The molecule has 0 aliphatic heterocycles. The second kappa shape index (κ2) is 5.47. The SMILES string of the molecule is CCC(C)(O)CNC(=O)CCC(C)(C)N. The molecule has 0 fully saturated rings. The zero-order valence-electron chi connectivity index (χ0n) is 10.3. The molecule has 0 aromatic heterocycles. The quantitative estimate of drug-likeness (QED) is 0.614. The number of nitrogens with two attached hydrogens (primary N) is 1. The van der Waals surface area contributed by atoms with Gasteiger partial charge in [-0.25, -0.2) is 0 Å². The lowest BCUT2D eigenvalue weighted by atomic mass is 9.99. The highest BCUT2D eigenvalue weighted by molar-refractivity contribution is 5.76. The zero-order chi connectivity index (χ0) is 12.1. The summed E-state index contributed by atoms with van der Waals surface area (Å²) in [6, 6.07) is 0. The molecular weight excluding hydrogens is 192 g/mol. The first kappa shape index (κ1) is 14.4. The van der Waals surface area contributed by atoms with Gasteiger partial charge < -0.3 is 16.2 Å². The normalized spacial score (nSPS) is 15.9. The Labute approximate surface area is 92.2 Å². The fourth-order valence-corrected chi connectivity index (χ4v) is 0.938. The minimum Gasteiger partial charge on any atom is -0.388 e. The molecule has 4 heteroatoms. The maximum Gasteiger partial charge on any atom is 0.220 e. The Morgan fingerprint density at radius 1 is 1.40 bits per heavy atom. The van der Waals surface area contributed by atoms with Crippen LogP contribution in [0.25, 0.3) is 0 Å². The molecule has 0 rings (SSSR count). The van der Waals surface area contributed by atoms with Gasteiger partial charge in [0.2, 0.25) is 5.91 Å². The summed E-state index contributed by atoms with van der Waals surface area (Å²) in [4.78, 5) is 11.4. The largest absolute Gasteiger partial charge is 0.388 e. The Morgan fingerprint density at radius 3 is 2.33 bits per heavy atom. The van der Waals surface area contributed by atoms with Crippen LogP contribution in [-0.2, 0) is 4.79 Å². The maximum atomic E-state index is 11.4. The molecule has 0 aliphatic carbocycles. The molecule has 90 valence electrons. The Balaban J connectivity index is 3.77. The number of nitrogens with one attached hydrogen (secondary N) is 1. The van der Waals surface area contributed by atoms with Gasteiger partial charge in [0.1, 0.15) is 0 Å². The van der Waals surface area contributed by atoms with Crippen molar-refractivity contribution >= 4 is 5.91 Å². The molecule has 1 unspecified atom stereocenters. The van der Waals surface area contributed by atoms with Crippen LogP contribution < -0.4 is 11.1 Å². The molecule has 0 radical (unpaired) electrons. The van der Waals surface area contributed by atoms with Gasteiger partial charge in [0, 0.05) is 18.5 Å². The van der Waals surface area contributed by atoms with Crippen LogP contribution >= 0.6 is 0 Å². The average molecular weight is 216 g/mol. The summed E-state index contributed by atoms with van der Waals surface area (Å²) in [6.07, 6.45) is 1.67. The summed E-state index contributed by atoms with van der Waals surface area (Å²) in [5, 5.41) is 12.4. The van der Waals surface area contributed by atoms with E-state index in [9.17, 15) is 9.90 Å². The van der Waals surface area contributed by atoms with Crippen molar-refractivity contribution in [2.75, 3.05) is 6.54 Å². The van der Waals surface area contributed by atoms with E-state index in [2.05, 4.69) is 5.32 Å². The van der Waals surface area contributed by atoms with Gasteiger partial charge in [-0.3, -0.25) is 4.79 Å². The molecule has 0 saturated carbocycles. The van der Waals surface area contributed by atoms with Gasteiger partial charge in [-0.15, -0.1) is 0 Å². The summed E-state index contributed by atoms with van der Waals surface area (Å²) >= 11 is 0. The number of carbonyl (C=O) groups excluding carboxylic acids is 1. The van der Waals surface area contributed by atoms with E-state index in [4.69, 9.17) is 5.73 Å². The molecule has 0 spiro atoms. The minimum absolute atomic E-state index is 0.0535. The van der Waals surface area contributed by atoms with Crippen molar-refractivity contribution in [2.24, 2.45) is 5.73 Å². The predicted octanol–water partition coefficient (Wildman–Crippen LogP) is 0.781. The smallest absolute Gasteiger partial charge is 0.220 e. The van der Waals surface area contributed by atoms with Gasteiger partial charge in [0.25, 0.3) is 0 Å². The Morgan fingerprint density at radius 2 is 1.93 bits per heavy atom. The fourth-order valence-electron chi connectivity index (χ4n) is 0.938. The van der Waals surface area contributed by atoms with E-state index >= 15 is 0 Å². The standard InChI is InChI=1S/C11H24N2O2/c1-5-11(4,15)8-13-9(14)6-7-10(2,3)12/h15H,5-8,12H2,1-4H3,(H,13,14). The van der Waals surface area contributed by atoms with Crippen LogP contribution in [0.5, 0.6) is 0 Å². The predicted molar refractivity (Wildman–Crippen MR) is 61.4 cm³/mol.